The summed E-state index contributed by atoms with van der Waals surface area (Å²) >= 11 is 0. The third-order valence-electron chi connectivity index (χ3n) is 11.3. The number of aliphatic hydroxyl groups is 1. The molecule has 4 heterocycles. The maximum atomic E-state index is 14.7. The normalized spacial score (nSPS) is 28.2. The number of morpholine rings is 1. The van der Waals surface area contributed by atoms with Gasteiger partial charge in [-0.3, -0.25) is 24.0 Å². The average Bonchev–Trinajstić information content (AvgIpc) is 3.80. The molecule has 9 atom stereocenters. The number of fused-ring (bicyclic) bond motifs is 3. The summed E-state index contributed by atoms with van der Waals surface area (Å²) in [6.07, 6.45) is -2.44. The van der Waals surface area contributed by atoms with Crippen molar-refractivity contribution in [3.63, 3.8) is 0 Å². The van der Waals surface area contributed by atoms with Crippen LogP contribution in [0.5, 0.6) is 0 Å². The van der Waals surface area contributed by atoms with Gasteiger partial charge in [-0.15, -0.1) is 0 Å². The number of rotatable bonds is 7. The van der Waals surface area contributed by atoms with Crippen molar-refractivity contribution in [1.29, 1.82) is 0 Å². The van der Waals surface area contributed by atoms with Crippen LogP contribution in [-0.4, -0.2) is 143 Å². The lowest BCUT2D eigenvalue weighted by molar-refractivity contribution is -0.164. The predicted octanol–water partition coefficient (Wildman–Crippen LogP) is 0.621. The van der Waals surface area contributed by atoms with Crippen LogP contribution in [0.2, 0.25) is 0 Å². The number of carbonyl (C=O) groups is 7. The SMILES string of the molecule is CCc1ccc(NC(=O)N[C@@H](Cc2cc(F)cc(F)c2)C(=O)N[C@@H]2C(=O)N3C[C@H](O)C[C@H]3C(=O)N3CCOC[C@H]3C(=O)N[C@@H](C)C(=O)N3C[C@H](C)C[C@H]3C(=O)O[C@H]2C)cc1. The number of amides is 7. The Morgan fingerprint density at radius 3 is 2.23 bits per heavy atom. The summed E-state index contributed by atoms with van der Waals surface area (Å²) in [6, 6.07) is 0.479. The van der Waals surface area contributed by atoms with Crippen molar-refractivity contribution in [1.82, 2.24) is 30.7 Å². The lowest BCUT2D eigenvalue weighted by atomic mass is 10.0. The van der Waals surface area contributed by atoms with Gasteiger partial charge in [-0.1, -0.05) is 26.0 Å². The number of hydrogen-bond acceptors (Lipinski definition) is 10. The van der Waals surface area contributed by atoms with Gasteiger partial charge in [0.1, 0.15) is 54.0 Å². The zero-order valence-electron chi connectivity index (χ0n) is 33.8. The molecule has 0 saturated carbocycles. The van der Waals surface area contributed by atoms with Crippen molar-refractivity contribution in [3.8, 4) is 0 Å². The number of esters is 1. The molecule has 324 valence electrons. The van der Waals surface area contributed by atoms with Crippen molar-refractivity contribution in [3.05, 3.63) is 65.2 Å². The highest BCUT2D eigenvalue weighted by Crippen LogP contribution is 2.28. The van der Waals surface area contributed by atoms with Gasteiger partial charge >= 0.3 is 12.0 Å². The van der Waals surface area contributed by atoms with Crippen molar-refractivity contribution >= 4 is 47.2 Å². The third kappa shape index (κ3) is 10.0. The molecule has 60 heavy (non-hydrogen) atoms. The van der Waals surface area contributed by atoms with Crippen LogP contribution in [0.25, 0.3) is 0 Å². The molecule has 7 amide bonds. The van der Waals surface area contributed by atoms with E-state index in [9.17, 15) is 47.4 Å². The quantitative estimate of drug-likeness (QED) is 0.245. The van der Waals surface area contributed by atoms with Crippen molar-refractivity contribution < 1.29 is 56.9 Å². The molecular formula is C41H51F2N7O10. The van der Waals surface area contributed by atoms with Gasteiger partial charge in [0.05, 0.1) is 19.3 Å². The summed E-state index contributed by atoms with van der Waals surface area (Å²) in [5.74, 6) is -6.91. The number of aryl methyl sites for hydroxylation is 1. The second kappa shape index (κ2) is 18.7. The topological polar surface area (TPSA) is 216 Å². The first-order valence-electron chi connectivity index (χ1n) is 20.1. The fourth-order valence-electron chi connectivity index (χ4n) is 8.17. The molecule has 4 saturated heterocycles. The molecule has 2 aromatic carbocycles. The maximum Gasteiger partial charge on any atom is 0.329 e. The summed E-state index contributed by atoms with van der Waals surface area (Å²) in [5, 5.41) is 21.2. The number of aliphatic hydroxyl groups excluding tert-OH is 1. The van der Waals surface area contributed by atoms with Crippen molar-refractivity contribution in [2.24, 2.45) is 5.92 Å². The first-order valence-corrected chi connectivity index (χ1v) is 20.1. The molecule has 0 unspecified atom stereocenters. The van der Waals surface area contributed by atoms with Crippen LogP contribution in [-0.2, 0) is 51.1 Å². The smallest absolute Gasteiger partial charge is 0.329 e. The Bertz CT molecular complexity index is 1970. The van der Waals surface area contributed by atoms with Gasteiger partial charge in [-0.2, -0.15) is 0 Å². The average molecular weight is 840 g/mol. The summed E-state index contributed by atoms with van der Waals surface area (Å²) in [6.45, 7) is 6.15. The second-order valence-corrected chi connectivity index (χ2v) is 15.9. The molecule has 0 aromatic heterocycles. The van der Waals surface area contributed by atoms with E-state index in [2.05, 4.69) is 21.3 Å². The van der Waals surface area contributed by atoms with E-state index in [1.807, 2.05) is 13.8 Å². The number of halogens is 2. The molecule has 17 nitrogen and oxygen atoms in total. The monoisotopic (exact) mass is 839 g/mol. The first-order chi connectivity index (χ1) is 28.5. The van der Waals surface area contributed by atoms with Crippen LogP contribution in [0.15, 0.2) is 42.5 Å². The van der Waals surface area contributed by atoms with Crippen molar-refractivity contribution in [2.75, 3.05) is 38.2 Å². The van der Waals surface area contributed by atoms with Crippen LogP contribution in [0.1, 0.15) is 51.7 Å². The van der Waals surface area contributed by atoms with E-state index in [0.29, 0.717) is 11.8 Å². The number of benzene rings is 2. The van der Waals surface area contributed by atoms with E-state index in [1.54, 1.807) is 24.3 Å². The number of carbonyl (C=O) groups excluding carboxylic acids is 7. The number of urea groups is 1. The van der Waals surface area contributed by atoms with Crippen LogP contribution in [0.4, 0.5) is 19.3 Å². The van der Waals surface area contributed by atoms with Crippen LogP contribution >= 0.6 is 0 Å². The minimum absolute atomic E-state index is 0.0178. The molecule has 0 aliphatic carbocycles. The zero-order chi connectivity index (χ0) is 43.4. The highest BCUT2D eigenvalue weighted by molar-refractivity contribution is 5.99. The van der Waals surface area contributed by atoms with Crippen LogP contribution in [0.3, 0.4) is 0 Å². The van der Waals surface area contributed by atoms with Gasteiger partial charge in [0.25, 0.3) is 0 Å². The Kier molecular flexibility index (Phi) is 13.7. The first kappa shape index (κ1) is 43.9. The molecule has 4 fully saturated rings. The van der Waals surface area contributed by atoms with Gasteiger partial charge in [0, 0.05) is 44.2 Å². The van der Waals surface area contributed by atoms with Crippen molar-refractivity contribution in [2.45, 2.75) is 102 Å². The van der Waals surface area contributed by atoms with Gasteiger partial charge in [-0.05, 0) is 68.0 Å². The molecule has 0 spiro atoms. The minimum Gasteiger partial charge on any atom is -0.458 e. The van der Waals surface area contributed by atoms with Gasteiger partial charge in [0.15, 0.2) is 0 Å². The Balaban J connectivity index is 1.35. The number of anilines is 1. The van der Waals surface area contributed by atoms with Crippen LogP contribution < -0.4 is 21.3 Å². The number of nitrogens with zero attached hydrogens (tertiary/aromatic N) is 3. The molecule has 0 radical (unpaired) electrons. The molecule has 0 bridgehead atoms. The molecule has 2 aromatic rings. The second-order valence-electron chi connectivity index (χ2n) is 15.9. The zero-order valence-corrected chi connectivity index (χ0v) is 33.8. The van der Waals surface area contributed by atoms with E-state index in [1.165, 1.54) is 23.6 Å². The van der Waals surface area contributed by atoms with Gasteiger partial charge < -0.3 is 50.5 Å². The largest absolute Gasteiger partial charge is 0.458 e. The molecule has 4 aliphatic heterocycles. The Morgan fingerprint density at radius 1 is 0.867 bits per heavy atom. The summed E-state index contributed by atoms with van der Waals surface area (Å²) in [4.78, 5) is 102. The van der Waals surface area contributed by atoms with Gasteiger partial charge in [-0.25, -0.2) is 18.4 Å². The summed E-state index contributed by atoms with van der Waals surface area (Å²) in [5.41, 5.74) is 1.36. The number of nitrogens with one attached hydrogen (secondary N) is 4. The molecule has 19 heteroatoms. The van der Waals surface area contributed by atoms with E-state index < -0.39 is 108 Å². The lowest BCUT2D eigenvalue weighted by Crippen LogP contribution is -2.64. The fourth-order valence-corrected chi connectivity index (χ4v) is 8.17. The number of ether oxygens (including phenoxy) is 2. The highest BCUT2D eigenvalue weighted by Gasteiger charge is 2.49. The Labute approximate surface area is 345 Å². The van der Waals surface area contributed by atoms with E-state index >= 15 is 0 Å². The van der Waals surface area contributed by atoms with E-state index in [0.717, 1.165) is 29.0 Å². The Hall–Kier alpha value is -5.69. The third-order valence-corrected chi connectivity index (χ3v) is 11.3. The molecular weight excluding hydrogens is 788 g/mol. The van der Waals surface area contributed by atoms with E-state index in [4.69, 9.17) is 9.47 Å². The standard InChI is InChI=1S/C41H51F2N7O10/c1-5-24-6-8-28(9-7-24)45-41(58)46-30(15-25-13-26(42)16-27(43)14-25)35(52)47-34-23(4)60-40(57)32-12-21(2)18-49(32)37(54)22(3)44-36(53)33-20-59-11-10-48(33)38(55)31-17-29(51)19-50(31)39(34)56/h6-9,13-14,16,21-23,29-34,51H,5,10-12,15,17-20H2,1-4H3,(H,44,53)(H,47,52)(H2,45,46,58)/t21-,22+,23+,29-,30+,31+,32+,33+,34+/m1/s1. The van der Waals surface area contributed by atoms with Crippen LogP contribution in [0, 0.1) is 17.6 Å². The molecule has 6 rings (SSSR count). The lowest BCUT2D eigenvalue weighted by Gasteiger charge is -2.39. The molecule has 5 N–H and O–H groups in total. The summed E-state index contributed by atoms with van der Waals surface area (Å²) in [7, 11) is 0. The van der Waals surface area contributed by atoms with E-state index in [-0.39, 0.29) is 57.2 Å². The maximum absolute atomic E-state index is 14.7. The number of cyclic esters (lactones) is 1. The number of hydrogen-bond donors (Lipinski definition) is 5. The highest BCUT2D eigenvalue weighted by atomic mass is 19.1. The fraction of sp³-hybridized carbons (Fsp3) is 0.537. The Morgan fingerprint density at radius 2 is 1.55 bits per heavy atom. The summed E-state index contributed by atoms with van der Waals surface area (Å²) < 4.78 is 40.1. The predicted molar refractivity (Wildman–Crippen MR) is 209 cm³/mol. The van der Waals surface area contributed by atoms with Gasteiger partial charge in [0.2, 0.25) is 29.5 Å². The molecule has 4 aliphatic rings. The minimum atomic E-state index is -1.76.